The zero-order chi connectivity index (χ0) is 21.7. The fraction of sp³-hybridized carbons (Fsp3) is 0.154. The van der Waals surface area contributed by atoms with E-state index in [9.17, 15) is 9.59 Å². The molecule has 156 valence electrons. The van der Waals surface area contributed by atoms with Crippen molar-refractivity contribution in [2.24, 2.45) is 5.73 Å². The molecule has 0 spiro atoms. The lowest BCUT2D eigenvalue weighted by Crippen LogP contribution is -2.24. The maximum absolute atomic E-state index is 13.4. The van der Waals surface area contributed by atoms with Gasteiger partial charge in [-0.25, -0.2) is 0 Å². The number of aromatic nitrogens is 2. The number of allylic oxidation sites excluding steroid dienone is 1. The summed E-state index contributed by atoms with van der Waals surface area (Å²) in [6, 6.07) is 16.1. The Hall–Kier alpha value is -3.90. The zero-order valence-corrected chi connectivity index (χ0v) is 17.4. The molecule has 2 aliphatic rings. The fourth-order valence-corrected chi connectivity index (χ4v) is 5.69. The maximum atomic E-state index is 13.4. The van der Waals surface area contributed by atoms with Crippen LogP contribution >= 0.6 is 0 Å². The second kappa shape index (κ2) is 5.87. The van der Waals surface area contributed by atoms with E-state index in [4.69, 9.17) is 5.73 Å². The SMILES string of the molecule is CN1C(=O)c2c(c3c4ccccc4n(C4C=C[C@@H](N)C4)c3c3[nH]c4ccccc4c23)C1=O. The Morgan fingerprint density at radius 3 is 2.34 bits per heavy atom. The van der Waals surface area contributed by atoms with Crippen LogP contribution < -0.4 is 5.73 Å². The molecule has 2 aromatic heterocycles. The van der Waals surface area contributed by atoms with E-state index in [0.717, 1.165) is 50.0 Å². The Balaban J connectivity index is 1.81. The molecule has 3 N–H and O–H groups in total. The predicted molar refractivity (Wildman–Crippen MR) is 126 cm³/mol. The van der Waals surface area contributed by atoms with Crippen molar-refractivity contribution in [3.8, 4) is 0 Å². The topological polar surface area (TPSA) is 84.1 Å². The molecule has 0 saturated heterocycles. The van der Waals surface area contributed by atoms with Gasteiger partial charge in [-0.3, -0.25) is 14.5 Å². The Bertz CT molecular complexity index is 1690. The van der Waals surface area contributed by atoms with Gasteiger partial charge in [-0.05, 0) is 18.6 Å². The highest BCUT2D eigenvalue weighted by Gasteiger charge is 2.40. The lowest BCUT2D eigenvalue weighted by molar-refractivity contribution is 0.0694. The van der Waals surface area contributed by atoms with Crippen molar-refractivity contribution in [2.45, 2.75) is 18.5 Å². The maximum Gasteiger partial charge on any atom is 0.262 e. The second-order valence-electron chi connectivity index (χ2n) is 8.80. The molecule has 6 nitrogen and oxygen atoms in total. The molecule has 0 bridgehead atoms. The minimum absolute atomic E-state index is 0.00168. The van der Waals surface area contributed by atoms with E-state index in [1.807, 2.05) is 48.5 Å². The molecule has 0 fully saturated rings. The van der Waals surface area contributed by atoms with Crippen LogP contribution in [0.15, 0.2) is 60.7 Å². The number of H-pyrrole nitrogens is 1. The molecule has 3 aromatic carbocycles. The molecule has 2 atom stereocenters. The van der Waals surface area contributed by atoms with E-state index in [-0.39, 0.29) is 23.9 Å². The van der Waals surface area contributed by atoms with Crippen molar-refractivity contribution in [1.29, 1.82) is 0 Å². The third kappa shape index (κ3) is 1.98. The summed E-state index contributed by atoms with van der Waals surface area (Å²) >= 11 is 0. The third-order valence-corrected chi connectivity index (χ3v) is 7.07. The van der Waals surface area contributed by atoms with Crippen molar-refractivity contribution < 1.29 is 9.59 Å². The minimum Gasteiger partial charge on any atom is -0.353 e. The van der Waals surface area contributed by atoms with Crippen molar-refractivity contribution in [3.63, 3.8) is 0 Å². The number of benzene rings is 3. The summed E-state index contributed by atoms with van der Waals surface area (Å²) < 4.78 is 2.29. The van der Waals surface area contributed by atoms with Crippen LogP contribution in [0.5, 0.6) is 0 Å². The summed E-state index contributed by atoms with van der Waals surface area (Å²) in [5.74, 6) is -0.495. The van der Waals surface area contributed by atoms with Gasteiger partial charge in [0, 0.05) is 45.7 Å². The van der Waals surface area contributed by atoms with E-state index >= 15 is 0 Å². The van der Waals surface area contributed by atoms with Crippen LogP contribution in [0.4, 0.5) is 0 Å². The van der Waals surface area contributed by atoms with Crippen LogP contribution in [0, 0.1) is 0 Å². The van der Waals surface area contributed by atoms with Gasteiger partial charge >= 0.3 is 0 Å². The van der Waals surface area contributed by atoms with Crippen LogP contribution in [-0.2, 0) is 0 Å². The van der Waals surface area contributed by atoms with E-state index in [1.54, 1.807) is 7.05 Å². The Morgan fingerprint density at radius 2 is 1.59 bits per heavy atom. The van der Waals surface area contributed by atoms with Gasteiger partial charge in [0.05, 0.1) is 28.2 Å². The number of para-hydroxylation sites is 2. The molecule has 32 heavy (non-hydrogen) atoms. The van der Waals surface area contributed by atoms with Gasteiger partial charge in [0.2, 0.25) is 0 Å². The molecule has 1 unspecified atom stereocenters. The lowest BCUT2D eigenvalue weighted by atomic mass is 9.96. The van der Waals surface area contributed by atoms with Crippen molar-refractivity contribution in [3.05, 3.63) is 71.8 Å². The van der Waals surface area contributed by atoms with Gasteiger partial charge in [-0.15, -0.1) is 0 Å². The Morgan fingerprint density at radius 1 is 0.906 bits per heavy atom. The highest BCUT2D eigenvalue weighted by atomic mass is 16.2. The monoisotopic (exact) mass is 420 g/mol. The largest absolute Gasteiger partial charge is 0.353 e. The van der Waals surface area contributed by atoms with Crippen molar-refractivity contribution in [1.82, 2.24) is 14.5 Å². The van der Waals surface area contributed by atoms with E-state index in [2.05, 4.69) is 21.7 Å². The van der Waals surface area contributed by atoms with E-state index < -0.39 is 0 Å². The quantitative estimate of drug-likeness (QED) is 0.310. The minimum atomic E-state index is -0.249. The Kier molecular flexibility index (Phi) is 3.25. The number of amides is 2. The number of hydrogen-bond donors (Lipinski definition) is 2. The van der Waals surface area contributed by atoms with Gasteiger partial charge in [0.25, 0.3) is 11.8 Å². The van der Waals surface area contributed by atoms with Gasteiger partial charge in [0.15, 0.2) is 0 Å². The molecule has 1 aliphatic carbocycles. The molecular formula is C26H20N4O2. The van der Waals surface area contributed by atoms with Crippen LogP contribution in [0.3, 0.4) is 0 Å². The lowest BCUT2D eigenvalue weighted by Gasteiger charge is -2.16. The standard InChI is InChI=1S/C26H20N4O2/c1-29-25(31)21-19-15-6-2-4-8-17(15)28-23(19)24-20(22(21)26(29)32)16-7-3-5-9-18(16)30(24)14-11-10-13(27)12-14/h2-11,13-14,28H,12,27H2,1H3/t13-,14?/m1/s1. The van der Waals surface area contributed by atoms with Crippen LogP contribution in [0.25, 0.3) is 43.6 Å². The van der Waals surface area contributed by atoms with Crippen molar-refractivity contribution in [2.75, 3.05) is 7.05 Å². The first-order valence-electron chi connectivity index (χ1n) is 10.8. The first-order valence-corrected chi connectivity index (χ1v) is 10.8. The number of rotatable bonds is 1. The first-order chi connectivity index (χ1) is 15.6. The molecule has 3 heterocycles. The molecule has 2 amide bonds. The van der Waals surface area contributed by atoms with Gasteiger partial charge in [-0.1, -0.05) is 48.6 Å². The first kappa shape index (κ1) is 17.7. The fourth-order valence-electron chi connectivity index (χ4n) is 5.69. The van der Waals surface area contributed by atoms with Gasteiger partial charge < -0.3 is 15.3 Å². The molecule has 1 aliphatic heterocycles. The number of nitrogens with zero attached hydrogens (tertiary/aromatic N) is 2. The average molecular weight is 420 g/mol. The van der Waals surface area contributed by atoms with Crippen LogP contribution in [0.1, 0.15) is 33.2 Å². The summed E-state index contributed by atoms with van der Waals surface area (Å²) in [7, 11) is 1.56. The normalized spacial score (nSPS) is 20.6. The molecule has 7 rings (SSSR count). The molecule has 0 saturated carbocycles. The summed E-state index contributed by atoms with van der Waals surface area (Å²) in [5, 5.41) is 3.59. The molecule has 0 radical (unpaired) electrons. The highest BCUT2D eigenvalue weighted by Crippen LogP contribution is 2.46. The second-order valence-corrected chi connectivity index (χ2v) is 8.80. The van der Waals surface area contributed by atoms with E-state index in [1.165, 1.54) is 4.90 Å². The summed E-state index contributed by atoms with van der Waals surface area (Å²) in [6.07, 6.45) is 4.99. The van der Waals surface area contributed by atoms with Gasteiger partial charge in [-0.2, -0.15) is 0 Å². The summed E-state index contributed by atoms with van der Waals surface area (Å²) in [5.41, 5.74) is 11.1. The third-order valence-electron chi connectivity index (χ3n) is 7.07. The smallest absolute Gasteiger partial charge is 0.262 e. The molecular weight excluding hydrogens is 400 g/mol. The highest BCUT2D eigenvalue weighted by molar-refractivity contribution is 6.39. The van der Waals surface area contributed by atoms with Crippen LogP contribution in [-0.4, -0.2) is 39.4 Å². The number of fused-ring (bicyclic) bond motifs is 10. The Labute approximate surface area is 182 Å². The predicted octanol–water partition coefficient (Wildman–Crippen LogP) is 4.48. The number of nitrogens with one attached hydrogen (secondary N) is 1. The number of carbonyl (C=O) groups is 2. The van der Waals surface area contributed by atoms with E-state index in [0.29, 0.717) is 11.1 Å². The number of imide groups is 1. The molecule has 6 heteroatoms. The molecule has 5 aromatic rings. The average Bonchev–Trinajstić information content (AvgIpc) is 3.53. The van der Waals surface area contributed by atoms with Gasteiger partial charge in [0.1, 0.15) is 0 Å². The number of carbonyl (C=O) groups excluding carboxylic acids is 2. The zero-order valence-electron chi connectivity index (χ0n) is 17.4. The summed E-state index contributed by atoms with van der Waals surface area (Å²) in [6.45, 7) is 0. The van der Waals surface area contributed by atoms with Crippen molar-refractivity contribution >= 4 is 55.4 Å². The number of nitrogens with two attached hydrogens (primary N) is 1. The van der Waals surface area contributed by atoms with Crippen LogP contribution in [0.2, 0.25) is 0 Å². The number of aromatic amines is 1. The number of hydrogen-bond acceptors (Lipinski definition) is 3. The summed E-state index contributed by atoms with van der Waals surface area (Å²) in [4.78, 5) is 31.5.